The van der Waals surface area contributed by atoms with Crippen molar-refractivity contribution in [2.75, 3.05) is 13.2 Å². The van der Waals surface area contributed by atoms with Gasteiger partial charge in [-0.25, -0.2) is 4.79 Å². The molecule has 1 fully saturated rings. The Balaban J connectivity index is 2.25. The maximum atomic E-state index is 10.7. The van der Waals surface area contributed by atoms with Crippen LogP contribution in [0.2, 0.25) is 0 Å². The van der Waals surface area contributed by atoms with Gasteiger partial charge in [0.1, 0.15) is 0 Å². The topological polar surface area (TPSA) is 59.4 Å². The first kappa shape index (κ1) is 9.15. The van der Waals surface area contributed by atoms with E-state index in [-0.39, 0.29) is 5.92 Å². The maximum Gasteiger partial charge on any atom is 0.335 e. The zero-order chi connectivity index (χ0) is 9.97. The molecule has 1 N–H and O–H groups in total. The summed E-state index contributed by atoms with van der Waals surface area (Å²) in [4.78, 5) is 14.9. The van der Waals surface area contributed by atoms with Gasteiger partial charge in [-0.1, -0.05) is 0 Å². The molecule has 4 nitrogen and oxygen atoms in total. The van der Waals surface area contributed by atoms with Gasteiger partial charge in [0.05, 0.1) is 12.2 Å². The van der Waals surface area contributed by atoms with E-state index in [0.717, 1.165) is 18.7 Å². The second-order valence-corrected chi connectivity index (χ2v) is 3.34. The van der Waals surface area contributed by atoms with Crippen LogP contribution in [0, 0.1) is 0 Å². The Labute approximate surface area is 81.5 Å². The summed E-state index contributed by atoms with van der Waals surface area (Å²) >= 11 is 0. The molecular weight excluding hydrogens is 182 g/mol. The molecule has 74 valence electrons. The fourth-order valence-electron chi connectivity index (χ4n) is 1.57. The van der Waals surface area contributed by atoms with Crippen molar-refractivity contribution < 1.29 is 14.6 Å². The third-order valence-electron chi connectivity index (χ3n) is 2.38. The molecule has 0 bridgehead atoms. The molecule has 1 aromatic rings. The number of carbonyl (C=O) groups is 1. The standard InChI is InChI=1S/C10H11NO3/c12-10(13)7-1-3-11-9(5-7)8-2-4-14-6-8/h1,3,5,8H,2,4,6H2,(H,12,13). The Hall–Kier alpha value is -1.42. The quantitative estimate of drug-likeness (QED) is 0.768. The minimum Gasteiger partial charge on any atom is -0.478 e. The van der Waals surface area contributed by atoms with Gasteiger partial charge < -0.3 is 9.84 Å². The normalized spacial score (nSPS) is 21.0. The summed E-state index contributed by atoms with van der Waals surface area (Å²) in [7, 11) is 0. The van der Waals surface area contributed by atoms with E-state index in [1.54, 1.807) is 6.07 Å². The van der Waals surface area contributed by atoms with Crippen molar-refractivity contribution in [3.8, 4) is 0 Å². The van der Waals surface area contributed by atoms with E-state index >= 15 is 0 Å². The van der Waals surface area contributed by atoms with Crippen LogP contribution in [-0.4, -0.2) is 29.3 Å². The fourth-order valence-corrected chi connectivity index (χ4v) is 1.57. The summed E-state index contributed by atoms with van der Waals surface area (Å²) in [6.07, 6.45) is 2.47. The van der Waals surface area contributed by atoms with Crippen molar-refractivity contribution in [3.63, 3.8) is 0 Å². The van der Waals surface area contributed by atoms with Crippen molar-refractivity contribution in [1.82, 2.24) is 4.98 Å². The Kier molecular flexibility index (Phi) is 2.45. The molecule has 2 heterocycles. The van der Waals surface area contributed by atoms with Crippen LogP contribution in [0.25, 0.3) is 0 Å². The molecule has 1 saturated heterocycles. The fraction of sp³-hybridized carbons (Fsp3) is 0.400. The van der Waals surface area contributed by atoms with Crippen LogP contribution >= 0.6 is 0 Å². The number of hydrogen-bond donors (Lipinski definition) is 1. The largest absolute Gasteiger partial charge is 0.478 e. The number of aromatic nitrogens is 1. The van der Waals surface area contributed by atoms with E-state index in [2.05, 4.69) is 4.98 Å². The van der Waals surface area contributed by atoms with Gasteiger partial charge in [0.2, 0.25) is 0 Å². The van der Waals surface area contributed by atoms with Crippen LogP contribution < -0.4 is 0 Å². The molecule has 0 amide bonds. The predicted molar refractivity (Wildman–Crippen MR) is 49.4 cm³/mol. The maximum absolute atomic E-state index is 10.7. The second kappa shape index (κ2) is 3.75. The number of aromatic carboxylic acids is 1. The first-order chi connectivity index (χ1) is 6.77. The highest BCUT2D eigenvalue weighted by molar-refractivity contribution is 5.87. The first-order valence-corrected chi connectivity index (χ1v) is 4.54. The summed E-state index contributed by atoms with van der Waals surface area (Å²) < 4.78 is 5.22. The molecule has 14 heavy (non-hydrogen) atoms. The predicted octanol–water partition coefficient (Wildman–Crippen LogP) is 1.28. The molecule has 1 unspecified atom stereocenters. The van der Waals surface area contributed by atoms with E-state index in [1.165, 1.54) is 12.3 Å². The molecule has 2 rings (SSSR count). The molecule has 0 aromatic carbocycles. The number of carboxylic acids is 1. The lowest BCUT2D eigenvalue weighted by molar-refractivity contribution is 0.0696. The van der Waals surface area contributed by atoms with Crippen LogP contribution in [0.1, 0.15) is 28.4 Å². The van der Waals surface area contributed by atoms with Gasteiger partial charge >= 0.3 is 5.97 Å². The van der Waals surface area contributed by atoms with E-state index in [9.17, 15) is 4.79 Å². The molecule has 0 spiro atoms. The Morgan fingerprint density at radius 1 is 1.64 bits per heavy atom. The molecule has 1 aliphatic rings. The van der Waals surface area contributed by atoms with E-state index in [0.29, 0.717) is 12.2 Å². The van der Waals surface area contributed by atoms with Gasteiger partial charge in [0.25, 0.3) is 0 Å². The summed E-state index contributed by atoms with van der Waals surface area (Å²) in [5.41, 5.74) is 1.12. The monoisotopic (exact) mass is 193 g/mol. The number of carboxylic acid groups (broad SMARTS) is 1. The Bertz CT molecular complexity index is 345. The molecule has 0 radical (unpaired) electrons. The Morgan fingerprint density at radius 3 is 3.14 bits per heavy atom. The second-order valence-electron chi connectivity index (χ2n) is 3.34. The van der Waals surface area contributed by atoms with Gasteiger partial charge in [0, 0.05) is 24.4 Å². The van der Waals surface area contributed by atoms with Crippen LogP contribution in [0.15, 0.2) is 18.3 Å². The summed E-state index contributed by atoms with van der Waals surface area (Å²) in [6, 6.07) is 3.13. The lowest BCUT2D eigenvalue weighted by Crippen LogP contribution is -2.04. The van der Waals surface area contributed by atoms with E-state index in [1.807, 2.05) is 0 Å². The van der Waals surface area contributed by atoms with Gasteiger partial charge in [-0.05, 0) is 18.6 Å². The number of rotatable bonds is 2. The molecule has 1 atom stereocenters. The van der Waals surface area contributed by atoms with Crippen LogP contribution in [-0.2, 0) is 4.74 Å². The van der Waals surface area contributed by atoms with Crippen LogP contribution in [0.5, 0.6) is 0 Å². The van der Waals surface area contributed by atoms with Gasteiger partial charge in [-0.3, -0.25) is 4.98 Å². The zero-order valence-corrected chi connectivity index (χ0v) is 7.64. The number of hydrogen-bond acceptors (Lipinski definition) is 3. The summed E-state index contributed by atoms with van der Waals surface area (Å²) in [5.74, 6) is -0.651. The third kappa shape index (κ3) is 1.75. The van der Waals surface area contributed by atoms with Crippen LogP contribution in [0.4, 0.5) is 0 Å². The minimum atomic E-state index is -0.910. The lowest BCUT2D eigenvalue weighted by atomic mass is 10.0. The molecule has 0 saturated carbocycles. The number of ether oxygens (including phenoxy) is 1. The molecule has 1 aliphatic heterocycles. The molecule has 0 aliphatic carbocycles. The number of nitrogens with zero attached hydrogens (tertiary/aromatic N) is 1. The van der Waals surface area contributed by atoms with Crippen molar-refractivity contribution in [1.29, 1.82) is 0 Å². The average molecular weight is 193 g/mol. The highest BCUT2D eigenvalue weighted by atomic mass is 16.5. The van der Waals surface area contributed by atoms with Crippen molar-refractivity contribution in [2.45, 2.75) is 12.3 Å². The highest BCUT2D eigenvalue weighted by Gasteiger charge is 2.19. The Morgan fingerprint density at radius 2 is 2.50 bits per heavy atom. The van der Waals surface area contributed by atoms with E-state index in [4.69, 9.17) is 9.84 Å². The average Bonchev–Trinajstić information content (AvgIpc) is 2.71. The van der Waals surface area contributed by atoms with Crippen LogP contribution in [0.3, 0.4) is 0 Å². The zero-order valence-electron chi connectivity index (χ0n) is 7.64. The summed E-state index contributed by atoms with van der Waals surface area (Å²) in [5, 5.41) is 8.79. The highest BCUT2D eigenvalue weighted by Crippen LogP contribution is 2.23. The van der Waals surface area contributed by atoms with Gasteiger partial charge in [-0.15, -0.1) is 0 Å². The molecular formula is C10H11NO3. The van der Waals surface area contributed by atoms with Crippen molar-refractivity contribution in [2.24, 2.45) is 0 Å². The third-order valence-corrected chi connectivity index (χ3v) is 2.38. The number of pyridine rings is 1. The van der Waals surface area contributed by atoms with E-state index < -0.39 is 5.97 Å². The lowest BCUT2D eigenvalue weighted by Gasteiger charge is -2.06. The smallest absolute Gasteiger partial charge is 0.335 e. The summed E-state index contributed by atoms with van der Waals surface area (Å²) in [6.45, 7) is 1.39. The minimum absolute atomic E-state index is 0.259. The van der Waals surface area contributed by atoms with Crippen molar-refractivity contribution >= 4 is 5.97 Å². The van der Waals surface area contributed by atoms with Gasteiger partial charge in [0.15, 0.2) is 0 Å². The molecule has 1 aromatic heterocycles. The van der Waals surface area contributed by atoms with Gasteiger partial charge in [-0.2, -0.15) is 0 Å². The first-order valence-electron chi connectivity index (χ1n) is 4.54. The van der Waals surface area contributed by atoms with Crippen molar-refractivity contribution in [3.05, 3.63) is 29.6 Å². The molecule has 4 heteroatoms. The SMILES string of the molecule is O=C(O)c1ccnc(C2CCOC2)c1.